The van der Waals surface area contributed by atoms with Gasteiger partial charge in [0.25, 0.3) is 0 Å². The molecule has 2 rings (SSSR count). The van der Waals surface area contributed by atoms with Gasteiger partial charge in [-0.25, -0.2) is 0 Å². The molecule has 0 fully saturated rings. The standard InChI is InChI=1S/C18H18O4/c1-13-7-3-6-10-17(13)22-12-14-8-4-5-9-15(14)16(11-19)18(20)21-2/h3-11,16H,12H2,1-2H3. The van der Waals surface area contributed by atoms with Crippen LogP contribution in [0.25, 0.3) is 0 Å². The number of aldehydes is 1. The predicted molar refractivity (Wildman–Crippen MR) is 82.8 cm³/mol. The third kappa shape index (κ3) is 3.52. The van der Waals surface area contributed by atoms with E-state index in [4.69, 9.17) is 4.74 Å². The number of rotatable bonds is 6. The van der Waals surface area contributed by atoms with E-state index in [0.29, 0.717) is 11.8 Å². The topological polar surface area (TPSA) is 52.6 Å². The molecular formula is C18H18O4. The van der Waals surface area contributed by atoms with E-state index in [1.807, 2.05) is 43.3 Å². The van der Waals surface area contributed by atoms with Crippen molar-refractivity contribution in [3.63, 3.8) is 0 Å². The van der Waals surface area contributed by atoms with Crippen LogP contribution >= 0.6 is 0 Å². The summed E-state index contributed by atoms with van der Waals surface area (Å²) in [6.07, 6.45) is 0.596. The summed E-state index contributed by atoms with van der Waals surface area (Å²) < 4.78 is 10.5. The molecule has 0 spiro atoms. The van der Waals surface area contributed by atoms with Gasteiger partial charge in [-0.1, -0.05) is 42.5 Å². The lowest BCUT2D eigenvalue weighted by atomic mass is 9.95. The van der Waals surface area contributed by atoms with E-state index in [1.165, 1.54) is 7.11 Å². The molecule has 0 bridgehead atoms. The molecule has 0 aliphatic carbocycles. The molecule has 2 aromatic carbocycles. The maximum atomic E-state index is 11.7. The summed E-state index contributed by atoms with van der Waals surface area (Å²) in [4.78, 5) is 23.0. The summed E-state index contributed by atoms with van der Waals surface area (Å²) in [6, 6.07) is 14.9. The number of carbonyl (C=O) groups excluding carboxylic acids is 2. The number of para-hydroxylation sites is 1. The minimum Gasteiger partial charge on any atom is -0.489 e. The van der Waals surface area contributed by atoms with Crippen molar-refractivity contribution in [2.75, 3.05) is 7.11 Å². The third-order valence-electron chi connectivity index (χ3n) is 3.46. The van der Waals surface area contributed by atoms with Crippen LogP contribution in [0.15, 0.2) is 48.5 Å². The van der Waals surface area contributed by atoms with Crippen molar-refractivity contribution in [2.45, 2.75) is 19.4 Å². The molecule has 0 saturated heterocycles. The van der Waals surface area contributed by atoms with Gasteiger partial charge in [-0.15, -0.1) is 0 Å². The normalized spacial score (nSPS) is 11.5. The van der Waals surface area contributed by atoms with Crippen LogP contribution in [-0.2, 0) is 20.9 Å². The Hall–Kier alpha value is -2.62. The van der Waals surface area contributed by atoms with E-state index in [0.717, 1.165) is 16.9 Å². The first-order chi connectivity index (χ1) is 10.7. The average Bonchev–Trinajstić information content (AvgIpc) is 2.55. The number of aryl methyl sites for hydroxylation is 1. The van der Waals surface area contributed by atoms with Gasteiger partial charge in [-0.05, 0) is 29.7 Å². The van der Waals surface area contributed by atoms with Crippen molar-refractivity contribution in [1.29, 1.82) is 0 Å². The van der Waals surface area contributed by atoms with E-state index in [-0.39, 0.29) is 6.61 Å². The monoisotopic (exact) mass is 298 g/mol. The van der Waals surface area contributed by atoms with Crippen molar-refractivity contribution in [3.05, 3.63) is 65.2 Å². The maximum absolute atomic E-state index is 11.7. The van der Waals surface area contributed by atoms with Gasteiger partial charge < -0.3 is 14.3 Å². The van der Waals surface area contributed by atoms with E-state index in [9.17, 15) is 9.59 Å². The van der Waals surface area contributed by atoms with Crippen LogP contribution < -0.4 is 4.74 Å². The first-order valence-electron chi connectivity index (χ1n) is 6.96. The van der Waals surface area contributed by atoms with Gasteiger partial charge in [0.2, 0.25) is 0 Å². The first-order valence-corrected chi connectivity index (χ1v) is 6.96. The largest absolute Gasteiger partial charge is 0.489 e. The third-order valence-corrected chi connectivity index (χ3v) is 3.46. The molecule has 1 unspecified atom stereocenters. The van der Waals surface area contributed by atoms with E-state index in [1.54, 1.807) is 12.1 Å². The Morgan fingerprint density at radius 2 is 1.82 bits per heavy atom. The molecule has 0 aliphatic heterocycles. The van der Waals surface area contributed by atoms with Crippen LogP contribution in [0, 0.1) is 6.92 Å². The first kappa shape index (κ1) is 15.8. The lowest BCUT2D eigenvalue weighted by Gasteiger charge is -2.15. The van der Waals surface area contributed by atoms with Crippen molar-refractivity contribution in [1.82, 2.24) is 0 Å². The molecule has 2 aromatic rings. The smallest absolute Gasteiger partial charge is 0.320 e. The molecule has 4 nitrogen and oxygen atoms in total. The molecule has 22 heavy (non-hydrogen) atoms. The molecular weight excluding hydrogens is 280 g/mol. The Morgan fingerprint density at radius 1 is 1.14 bits per heavy atom. The summed E-state index contributed by atoms with van der Waals surface area (Å²) in [5.41, 5.74) is 2.42. The van der Waals surface area contributed by atoms with Gasteiger partial charge in [-0.3, -0.25) is 4.79 Å². The van der Waals surface area contributed by atoms with Crippen molar-refractivity contribution < 1.29 is 19.1 Å². The highest BCUT2D eigenvalue weighted by Crippen LogP contribution is 2.23. The number of benzene rings is 2. The second-order valence-electron chi connectivity index (χ2n) is 4.89. The average molecular weight is 298 g/mol. The van der Waals surface area contributed by atoms with E-state index in [2.05, 4.69) is 4.74 Å². The zero-order valence-corrected chi connectivity index (χ0v) is 12.6. The molecule has 0 aromatic heterocycles. The van der Waals surface area contributed by atoms with E-state index >= 15 is 0 Å². The molecule has 0 aliphatic rings. The van der Waals surface area contributed by atoms with Gasteiger partial charge in [0.05, 0.1) is 7.11 Å². The summed E-state index contributed by atoms with van der Waals surface area (Å²) in [6.45, 7) is 2.24. The number of hydrogen-bond donors (Lipinski definition) is 0. The zero-order chi connectivity index (χ0) is 15.9. The molecule has 114 valence electrons. The van der Waals surface area contributed by atoms with Crippen molar-refractivity contribution >= 4 is 12.3 Å². The Morgan fingerprint density at radius 3 is 2.50 bits per heavy atom. The van der Waals surface area contributed by atoms with Crippen molar-refractivity contribution in [2.24, 2.45) is 0 Å². The Bertz CT molecular complexity index is 664. The lowest BCUT2D eigenvalue weighted by molar-refractivity contribution is -0.143. The fourth-order valence-electron chi connectivity index (χ4n) is 2.23. The zero-order valence-electron chi connectivity index (χ0n) is 12.6. The van der Waals surface area contributed by atoms with Crippen LogP contribution in [0.3, 0.4) is 0 Å². The second kappa shape index (κ2) is 7.41. The fourth-order valence-corrected chi connectivity index (χ4v) is 2.23. The minimum absolute atomic E-state index is 0.280. The SMILES string of the molecule is COC(=O)C(C=O)c1ccccc1COc1ccccc1C. The molecule has 0 radical (unpaired) electrons. The molecule has 4 heteroatoms. The van der Waals surface area contributed by atoms with Crippen LogP contribution in [0.2, 0.25) is 0 Å². The summed E-state index contributed by atoms with van der Waals surface area (Å²) in [5, 5.41) is 0. The predicted octanol–water partition coefficient (Wildman–Crippen LogP) is 3.03. The lowest BCUT2D eigenvalue weighted by Crippen LogP contribution is -2.17. The maximum Gasteiger partial charge on any atom is 0.320 e. The number of esters is 1. The molecule has 1 atom stereocenters. The van der Waals surface area contributed by atoms with Crippen LogP contribution in [0.1, 0.15) is 22.6 Å². The molecule has 0 N–H and O–H groups in total. The molecule has 0 saturated carbocycles. The summed E-state index contributed by atoms with van der Waals surface area (Å²) in [5.74, 6) is -0.724. The van der Waals surface area contributed by atoms with Gasteiger partial charge in [0.1, 0.15) is 24.6 Å². The van der Waals surface area contributed by atoms with Gasteiger partial charge in [0.15, 0.2) is 0 Å². The van der Waals surface area contributed by atoms with Crippen LogP contribution in [0.4, 0.5) is 0 Å². The highest BCUT2D eigenvalue weighted by molar-refractivity contribution is 5.94. The summed E-state index contributed by atoms with van der Waals surface area (Å²) >= 11 is 0. The van der Waals surface area contributed by atoms with Crippen LogP contribution in [-0.4, -0.2) is 19.4 Å². The Kier molecular flexibility index (Phi) is 5.31. The van der Waals surface area contributed by atoms with Crippen LogP contribution in [0.5, 0.6) is 5.75 Å². The Labute approximate surface area is 129 Å². The number of carbonyl (C=O) groups is 2. The minimum atomic E-state index is -0.929. The van der Waals surface area contributed by atoms with E-state index < -0.39 is 11.9 Å². The quantitative estimate of drug-likeness (QED) is 0.467. The molecule has 0 heterocycles. The number of hydrogen-bond acceptors (Lipinski definition) is 4. The Balaban J connectivity index is 2.23. The van der Waals surface area contributed by atoms with Gasteiger partial charge in [0, 0.05) is 0 Å². The fraction of sp³-hybridized carbons (Fsp3) is 0.222. The van der Waals surface area contributed by atoms with Gasteiger partial charge >= 0.3 is 5.97 Å². The molecule has 0 amide bonds. The highest BCUT2D eigenvalue weighted by Gasteiger charge is 2.23. The summed E-state index contributed by atoms with van der Waals surface area (Å²) in [7, 11) is 1.27. The van der Waals surface area contributed by atoms with Gasteiger partial charge in [-0.2, -0.15) is 0 Å². The number of methoxy groups -OCH3 is 1. The number of ether oxygens (including phenoxy) is 2. The second-order valence-corrected chi connectivity index (χ2v) is 4.89. The highest BCUT2D eigenvalue weighted by atomic mass is 16.5. The van der Waals surface area contributed by atoms with Crippen molar-refractivity contribution in [3.8, 4) is 5.75 Å².